The largest absolute Gasteiger partial charge is 0.416 e. The van der Waals surface area contributed by atoms with E-state index in [-0.39, 0.29) is 5.56 Å². The quantitative estimate of drug-likeness (QED) is 0.725. The summed E-state index contributed by atoms with van der Waals surface area (Å²) in [6, 6.07) is 9.96. The lowest BCUT2D eigenvalue weighted by molar-refractivity contribution is -0.137. The number of rotatable bonds is 2. The van der Waals surface area contributed by atoms with E-state index in [1.54, 1.807) is 0 Å². The van der Waals surface area contributed by atoms with E-state index in [9.17, 15) is 18.0 Å². The van der Waals surface area contributed by atoms with Gasteiger partial charge in [-0.15, -0.1) is 0 Å². The number of para-hydroxylation sites is 1. The molecule has 0 aliphatic carbocycles. The van der Waals surface area contributed by atoms with E-state index in [0.29, 0.717) is 5.13 Å². The number of anilines is 1. The fraction of sp³-hybridized carbons (Fsp3) is 0.125. The van der Waals surface area contributed by atoms with Crippen LogP contribution >= 0.6 is 11.3 Å². The molecule has 3 aromatic rings. The number of alkyl halides is 3. The van der Waals surface area contributed by atoms with E-state index < -0.39 is 17.6 Å². The molecule has 0 atom stereocenters. The van der Waals surface area contributed by atoms with E-state index >= 15 is 0 Å². The van der Waals surface area contributed by atoms with Gasteiger partial charge in [-0.1, -0.05) is 29.5 Å². The molecule has 0 aliphatic heterocycles. The van der Waals surface area contributed by atoms with E-state index in [4.69, 9.17) is 0 Å². The summed E-state index contributed by atoms with van der Waals surface area (Å²) in [6.07, 6.45) is -4.48. The van der Waals surface area contributed by atoms with Crippen LogP contribution in [-0.2, 0) is 6.18 Å². The predicted molar refractivity (Wildman–Crippen MR) is 83.8 cm³/mol. The van der Waals surface area contributed by atoms with Gasteiger partial charge in [-0.3, -0.25) is 10.1 Å². The molecule has 2 aromatic carbocycles. The Morgan fingerprint density at radius 3 is 2.61 bits per heavy atom. The Morgan fingerprint density at radius 2 is 1.91 bits per heavy atom. The highest BCUT2D eigenvalue weighted by Gasteiger charge is 2.30. The molecule has 0 unspecified atom stereocenters. The van der Waals surface area contributed by atoms with Gasteiger partial charge in [-0.25, -0.2) is 4.98 Å². The number of halogens is 3. The van der Waals surface area contributed by atoms with Crippen molar-refractivity contribution in [2.75, 3.05) is 5.32 Å². The van der Waals surface area contributed by atoms with Crippen molar-refractivity contribution >= 4 is 32.6 Å². The first kappa shape index (κ1) is 15.5. The monoisotopic (exact) mass is 336 g/mol. The summed E-state index contributed by atoms with van der Waals surface area (Å²) in [5, 5.41) is 2.91. The maximum Gasteiger partial charge on any atom is 0.416 e. The van der Waals surface area contributed by atoms with Crippen LogP contribution in [0.3, 0.4) is 0 Å². The molecule has 23 heavy (non-hydrogen) atoms. The molecule has 118 valence electrons. The molecule has 1 aromatic heterocycles. The SMILES string of the molecule is Cc1cccc2sc(NC(=O)c3cccc(C(F)(F)F)c3)nc12. The minimum atomic E-state index is -4.48. The maximum absolute atomic E-state index is 12.7. The molecule has 1 N–H and O–H groups in total. The average Bonchev–Trinajstić information content (AvgIpc) is 2.90. The van der Waals surface area contributed by atoms with E-state index in [0.717, 1.165) is 27.9 Å². The molecule has 0 spiro atoms. The van der Waals surface area contributed by atoms with Gasteiger partial charge in [0.05, 0.1) is 15.8 Å². The minimum Gasteiger partial charge on any atom is -0.298 e. The van der Waals surface area contributed by atoms with Gasteiger partial charge in [0.2, 0.25) is 0 Å². The summed E-state index contributed by atoms with van der Waals surface area (Å²) in [5.41, 5.74) is 0.830. The first-order chi connectivity index (χ1) is 10.8. The van der Waals surface area contributed by atoms with E-state index in [1.807, 2.05) is 25.1 Å². The van der Waals surface area contributed by atoms with Gasteiger partial charge in [0.1, 0.15) is 0 Å². The highest BCUT2D eigenvalue weighted by atomic mass is 32.1. The zero-order chi connectivity index (χ0) is 16.6. The minimum absolute atomic E-state index is 0.0594. The normalized spacial score (nSPS) is 11.7. The number of hydrogen-bond donors (Lipinski definition) is 1. The fourth-order valence-corrected chi connectivity index (χ4v) is 3.08. The van der Waals surface area contributed by atoms with Crippen molar-refractivity contribution in [2.24, 2.45) is 0 Å². The highest BCUT2D eigenvalue weighted by Crippen LogP contribution is 2.30. The Kier molecular flexibility index (Phi) is 3.81. The number of aryl methyl sites for hydroxylation is 1. The van der Waals surface area contributed by atoms with Crippen molar-refractivity contribution in [3.05, 3.63) is 59.2 Å². The highest BCUT2D eigenvalue weighted by molar-refractivity contribution is 7.22. The number of thiazole rings is 1. The summed E-state index contributed by atoms with van der Waals surface area (Å²) < 4.78 is 39.0. The molecule has 0 saturated heterocycles. The molecule has 0 bridgehead atoms. The lowest BCUT2D eigenvalue weighted by atomic mass is 10.1. The second-order valence-electron chi connectivity index (χ2n) is 4.97. The number of fused-ring (bicyclic) bond motifs is 1. The van der Waals surface area contributed by atoms with Crippen LogP contribution < -0.4 is 5.32 Å². The van der Waals surface area contributed by atoms with Gasteiger partial charge in [0, 0.05) is 5.56 Å². The number of carbonyl (C=O) groups excluding carboxylic acids is 1. The van der Waals surface area contributed by atoms with Crippen LogP contribution in [0, 0.1) is 6.92 Å². The number of nitrogens with zero attached hydrogens (tertiary/aromatic N) is 1. The van der Waals surface area contributed by atoms with Crippen LogP contribution in [0.2, 0.25) is 0 Å². The first-order valence-corrected chi connectivity index (χ1v) is 7.51. The van der Waals surface area contributed by atoms with Crippen LogP contribution in [0.15, 0.2) is 42.5 Å². The van der Waals surface area contributed by atoms with Crippen molar-refractivity contribution in [2.45, 2.75) is 13.1 Å². The zero-order valence-electron chi connectivity index (χ0n) is 11.9. The van der Waals surface area contributed by atoms with Gasteiger partial charge in [0.15, 0.2) is 5.13 Å². The third-order valence-corrected chi connectivity index (χ3v) is 4.23. The molecule has 0 radical (unpaired) electrons. The van der Waals surface area contributed by atoms with Crippen LogP contribution in [-0.4, -0.2) is 10.9 Å². The molecule has 1 amide bonds. The van der Waals surface area contributed by atoms with Crippen LogP contribution in [0.1, 0.15) is 21.5 Å². The Labute approximate surface area is 133 Å². The lowest BCUT2D eigenvalue weighted by Gasteiger charge is -2.08. The van der Waals surface area contributed by atoms with Crippen molar-refractivity contribution in [3.8, 4) is 0 Å². The van der Waals surface area contributed by atoms with Gasteiger partial charge < -0.3 is 0 Å². The van der Waals surface area contributed by atoms with Crippen molar-refractivity contribution in [3.63, 3.8) is 0 Å². The number of nitrogens with one attached hydrogen (secondary N) is 1. The molecular formula is C16H11F3N2OS. The van der Waals surface area contributed by atoms with Crippen molar-refractivity contribution in [1.82, 2.24) is 4.98 Å². The number of aromatic nitrogens is 1. The standard InChI is InChI=1S/C16H11F3N2OS/c1-9-4-2-7-12-13(9)20-15(23-12)21-14(22)10-5-3-6-11(8-10)16(17,18)19/h2-8H,1H3,(H,20,21,22). The lowest BCUT2D eigenvalue weighted by Crippen LogP contribution is -2.13. The Morgan fingerprint density at radius 1 is 1.17 bits per heavy atom. The first-order valence-electron chi connectivity index (χ1n) is 6.69. The molecule has 3 nitrogen and oxygen atoms in total. The molecule has 7 heteroatoms. The summed E-state index contributed by atoms with van der Waals surface area (Å²) in [5.74, 6) is -0.618. The van der Waals surface area contributed by atoms with Crippen LogP contribution in [0.25, 0.3) is 10.2 Å². The van der Waals surface area contributed by atoms with Crippen LogP contribution in [0.5, 0.6) is 0 Å². The zero-order valence-corrected chi connectivity index (χ0v) is 12.8. The predicted octanol–water partition coefficient (Wildman–Crippen LogP) is 4.88. The van der Waals surface area contributed by atoms with Gasteiger partial charge in [-0.05, 0) is 36.8 Å². The molecule has 0 fully saturated rings. The molecule has 1 heterocycles. The second-order valence-corrected chi connectivity index (χ2v) is 6.00. The number of benzene rings is 2. The molecule has 3 rings (SSSR count). The Hall–Kier alpha value is -2.41. The summed E-state index contributed by atoms with van der Waals surface area (Å²) in [4.78, 5) is 16.5. The Bertz CT molecular complexity index is 886. The topological polar surface area (TPSA) is 42.0 Å². The fourth-order valence-electron chi connectivity index (χ4n) is 2.15. The van der Waals surface area contributed by atoms with Gasteiger partial charge in [-0.2, -0.15) is 13.2 Å². The third kappa shape index (κ3) is 3.19. The smallest absolute Gasteiger partial charge is 0.298 e. The summed E-state index contributed by atoms with van der Waals surface area (Å²) in [6.45, 7) is 1.90. The van der Waals surface area contributed by atoms with Gasteiger partial charge >= 0.3 is 6.18 Å². The van der Waals surface area contributed by atoms with Crippen molar-refractivity contribution in [1.29, 1.82) is 0 Å². The van der Waals surface area contributed by atoms with Crippen molar-refractivity contribution < 1.29 is 18.0 Å². The summed E-state index contributed by atoms with van der Waals surface area (Å²) >= 11 is 1.28. The van der Waals surface area contributed by atoms with Gasteiger partial charge in [0.25, 0.3) is 5.91 Å². The van der Waals surface area contributed by atoms with E-state index in [1.165, 1.54) is 23.5 Å². The third-order valence-electron chi connectivity index (χ3n) is 3.29. The number of amides is 1. The Balaban J connectivity index is 1.87. The maximum atomic E-state index is 12.7. The van der Waals surface area contributed by atoms with E-state index in [2.05, 4.69) is 10.3 Å². The molecular weight excluding hydrogens is 325 g/mol. The number of carbonyl (C=O) groups is 1. The summed E-state index contributed by atoms with van der Waals surface area (Å²) in [7, 11) is 0. The number of hydrogen-bond acceptors (Lipinski definition) is 3. The molecule has 0 saturated carbocycles. The van der Waals surface area contributed by atoms with Crippen LogP contribution in [0.4, 0.5) is 18.3 Å². The molecule has 0 aliphatic rings. The average molecular weight is 336 g/mol. The second kappa shape index (κ2) is 5.66.